The highest BCUT2D eigenvalue weighted by Crippen LogP contribution is 2.40. The molecule has 0 aliphatic carbocycles. The van der Waals surface area contributed by atoms with Crippen LogP contribution < -0.4 is 5.32 Å². The number of halogens is 2. The zero-order valence-corrected chi connectivity index (χ0v) is 16.1. The second-order valence-electron chi connectivity index (χ2n) is 5.95. The Labute approximate surface area is 170 Å². The summed E-state index contributed by atoms with van der Waals surface area (Å²) >= 11 is 12.0. The molecule has 0 aliphatic rings. The molecule has 3 rings (SSSR count). The Hall–Kier alpha value is -2.90. The number of carbonyl (C=O) groups excluding carboxylic acids is 2. The van der Waals surface area contributed by atoms with Crippen molar-refractivity contribution in [3.05, 3.63) is 58.1 Å². The van der Waals surface area contributed by atoms with Gasteiger partial charge in [0, 0.05) is 28.9 Å². The summed E-state index contributed by atoms with van der Waals surface area (Å²) in [5.41, 5.74) is 1.10. The molecule has 0 spiro atoms. The van der Waals surface area contributed by atoms with Gasteiger partial charge in [0.2, 0.25) is 5.88 Å². The Morgan fingerprint density at radius 1 is 1.14 bits per heavy atom. The van der Waals surface area contributed by atoms with Crippen LogP contribution in [0.15, 0.2) is 52.7 Å². The van der Waals surface area contributed by atoms with E-state index in [0.29, 0.717) is 39.5 Å². The van der Waals surface area contributed by atoms with Crippen LogP contribution in [-0.2, 0) is 4.79 Å². The molecule has 0 unspecified atom stereocenters. The average molecular weight is 419 g/mol. The molecule has 1 heterocycles. The van der Waals surface area contributed by atoms with Crippen LogP contribution >= 0.6 is 23.2 Å². The van der Waals surface area contributed by atoms with Gasteiger partial charge in [0.25, 0.3) is 11.8 Å². The van der Waals surface area contributed by atoms with Crippen LogP contribution in [0.2, 0.25) is 10.0 Å². The molecule has 0 saturated heterocycles. The van der Waals surface area contributed by atoms with Crippen molar-refractivity contribution >= 4 is 51.6 Å². The van der Waals surface area contributed by atoms with Gasteiger partial charge in [0.1, 0.15) is 0 Å². The van der Waals surface area contributed by atoms with E-state index >= 15 is 0 Å². The Balaban J connectivity index is 1.55. The SMILES string of the molecule is O=C(CCCNC(=O)c1ccccc1)N=Nc1c(O)[nH]c2c(Cl)cc(Cl)cc12. The van der Waals surface area contributed by atoms with Crippen LogP contribution in [0.1, 0.15) is 23.2 Å². The zero-order valence-electron chi connectivity index (χ0n) is 14.6. The highest BCUT2D eigenvalue weighted by molar-refractivity contribution is 6.38. The molecule has 0 fully saturated rings. The minimum Gasteiger partial charge on any atom is -0.493 e. The number of H-pyrrole nitrogens is 1. The molecule has 0 atom stereocenters. The van der Waals surface area contributed by atoms with Crippen molar-refractivity contribution in [2.75, 3.05) is 6.54 Å². The van der Waals surface area contributed by atoms with E-state index in [4.69, 9.17) is 23.2 Å². The number of nitrogens with one attached hydrogen (secondary N) is 2. The predicted octanol–water partition coefficient (Wildman–Crippen LogP) is 5.00. The van der Waals surface area contributed by atoms with E-state index in [9.17, 15) is 14.7 Å². The number of amides is 2. The Morgan fingerprint density at radius 2 is 1.89 bits per heavy atom. The van der Waals surface area contributed by atoms with Gasteiger partial charge in [-0.2, -0.15) is 0 Å². The molecule has 3 N–H and O–H groups in total. The summed E-state index contributed by atoms with van der Waals surface area (Å²) in [6, 6.07) is 11.9. The highest BCUT2D eigenvalue weighted by Gasteiger charge is 2.14. The van der Waals surface area contributed by atoms with Gasteiger partial charge in [-0.05, 0) is 30.7 Å². The van der Waals surface area contributed by atoms with Gasteiger partial charge in [-0.15, -0.1) is 10.2 Å². The number of nitrogens with zero attached hydrogens (tertiary/aromatic N) is 2. The smallest absolute Gasteiger partial charge is 0.264 e. The summed E-state index contributed by atoms with van der Waals surface area (Å²) in [6.07, 6.45) is 0.511. The number of aromatic nitrogens is 1. The lowest BCUT2D eigenvalue weighted by Crippen LogP contribution is -2.24. The molecule has 28 heavy (non-hydrogen) atoms. The van der Waals surface area contributed by atoms with Crippen molar-refractivity contribution in [3.8, 4) is 5.88 Å². The fourth-order valence-corrected chi connectivity index (χ4v) is 3.12. The maximum atomic E-state index is 11.9. The average Bonchev–Trinajstić information content (AvgIpc) is 2.99. The molecule has 0 saturated carbocycles. The number of azo groups is 1. The first-order valence-corrected chi connectivity index (χ1v) is 9.19. The van der Waals surface area contributed by atoms with E-state index in [-0.39, 0.29) is 23.9 Å². The first-order chi connectivity index (χ1) is 13.5. The molecule has 0 aliphatic heterocycles. The zero-order chi connectivity index (χ0) is 20.1. The Morgan fingerprint density at radius 3 is 2.64 bits per heavy atom. The monoisotopic (exact) mass is 418 g/mol. The van der Waals surface area contributed by atoms with E-state index in [1.54, 1.807) is 30.3 Å². The van der Waals surface area contributed by atoms with E-state index < -0.39 is 5.91 Å². The minimum absolute atomic E-state index is 0.0881. The van der Waals surface area contributed by atoms with E-state index in [0.717, 1.165) is 0 Å². The molecule has 7 nitrogen and oxygen atoms in total. The van der Waals surface area contributed by atoms with Gasteiger partial charge in [0.15, 0.2) is 5.69 Å². The number of hydrogen-bond donors (Lipinski definition) is 3. The van der Waals surface area contributed by atoms with Gasteiger partial charge >= 0.3 is 0 Å². The van der Waals surface area contributed by atoms with E-state index in [2.05, 4.69) is 20.5 Å². The molecule has 1 aromatic heterocycles. The fraction of sp³-hybridized carbons (Fsp3) is 0.158. The van der Waals surface area contributed by atoms with Crippen molar-refractivity contribution in [1.29, 1.82) is 0 Å². The summed E-state index contributed by atoms with van der Waals surface area (Å²) in [5.74, 6) is -0.936. The lowest BCUT2D eigenvalue weighted by Gasteiger charge is -2.03. The second-order valence-corrected chi connectivity index (χ2v) is 6.80. The van der Waals surface area contributed by atoms with Crippen LogP contribution in [0.5, 0.6) is 5.88 Å². The summed E-state index contributed by atoms with van der Waals surface area (Å²) in [5, 5.41) is 21.3. The first kappa shape index (κ1) is 19.9. The molecule has 9 heteroatoms. The number of rotatable bonds is 6. The van der Waals surface area contributed by atoms with Crippen molar-refractivity contribution < 1.29 is 14.7 Å². The predicted molar refractivity (Wildman–Crippen MR) is 108 cm³/mol. The lowest BCUT2D eigenvalue weighted by atomic mass is 10.2. The Bertz CT molecular complexity index is 1050. The molecular formula is C19H16Cl2N4O3. The van der Waals surface area contributed by atoms with Crippen LogP contribution in [0.3, 0.4) is 0 Å². The lowest BCUT2D eigenvalue weighted by molar-refractivity contribution is -0.118. The number of hydrogen-bond acceptors (Lipinski definition) is 4. The van der Waals surface area contributed by atoms with Crippen molar-refractivity contribution in [1.82, 2.24) is 10.3 Å². The summed E-state index contributed by atoms with van der Waals surface area (Å²) in [7, 11) is 0. The van der Waals surface area contributed by atoms with Crippen molar-refractivity contribution in [2.45, 2.75) is 12.8 Å². The summed E-state index contributed by atoms with van der Waals surface area (Å²) in [4.78, 5) is 26.5. The second kappa shape index (κ2) is 8.86. The first-order valence-electron chi connectivity index (χ1n) is 8.43. The van der Waals surface area contributed by atoms with Crippen molar-refractivity contribution in [2.24, 2.45) is 10.2 Å². The van der Waals surface area contributed by atoms with E-state index in [1.807, 2.05) is 6.07 Å². The normalized spacial score (nSPS) is 11.2. The molecule has 0 radical (unpaired) electrons. The highest BCUT2D eigenvalue weighted by atomic mass is 35.5. The molecule has 3 aromatic rings. The van der Waals surface area contributed by atoms with E-state index in [1.165, 1.54) is 6.07 Å². The molecule has 144 valence electrons. The third kappa shape index (κ3) is 4.68. The summed E-state index contributed by atoms with van der Waals surface area (Å²) in [6.45, 7) is 0.332. The number of aromatic hydroxyl groups is 1. The van der Waals surface area contributed by atoms with Crippen LogP contribution in [0.4, 0.5) is 5.69 Å². The standard InChI is InChI=1S/C19H16Cl2N4O3/c20-12-9-13-16(14(21)10-12)23-19(28)17(13)25-24-15(26)7-4-8-22-18(27)11-5-2-1-3-6-11/h1-3,5-6,9-10,23,28H,4,7-8H2,(H,22,27). The minimum atomic E-state index is -0.476. The van der Waals surface area contributed by atoms with Gasteiger partial charge in [-0.3, -0.25) is 9.59 Å². The maximum absolute atomic E-state index is 11.9. The molecular weight excluding hydrogens is 403 g/mol. The number of aromatic amines is 1. The summed E-state index contributed by atoms with van der Waals surface area (Å²) < 4.78 is 0. The number of fused-ring (bicyclic) bond motifs is 1. The Kier molecular flexibility index (Phi) is 6.28. The van der Waals surface area contributed by atoms with Crippen LogP contribution in [0, 0.1) is 0 Å². The molecule has 0 bridgehead atoms. The largest absolute Gasteiger partial charge is 0.493 e. The quantitative estimate of drug-likeness (QED) is 0.387. The topological polar surface area (TPSA) is 107 Å². The third-order valence-electron chi connectivity index (χ3n) is 3.93. The number of carbonyl (C=O) groups is 2. The maximum Gasteiger partial charge on any atom is 0.264 e. The van der Waals surface area contributed by atoms with Crippen molar-refractivity contribution in [3.63, 3.8) is 0 Å². The van der Waals surface area contributed by atoms with Gasteiger partial charge in [-0.25, -0.2) is 0 Å². The van der Waals surface area contributed by atoms with Crippen LogP contribution in [-0.4, -0.2) is 28.4 Å². The van der Waals surface area contributed by atoms with Gasteiger partial charge in [0.05, 0.1) is 10.5 Å². The molecule has 2 amide bonds. The third-order valence-corrected chi connectivity index (χ3v) is 4.44. The molecule has 2 aromatic carbocycles. The number of benzene rings is 2. The van der Waals surface area contributed by atoms with Gasteiger partial charge < -0.3 is 15.4 Å². The fourth-order valence-electron chi connectivity index (χ4n) is 2.58. The van der Waals surface area contributed by atoms with Gasteiger partial charge in [-0.1, -0.05) is 41.4 Å². The van der Waals surface area contributed by atoms with Crippen LogP contribution in [0.25, 0.3) is 10.9 Å².